The average Bonchev–Trinajstić information content (AvgIpc) is 2.56. The molecule has 0 radical (unpaired) electrons. The molecule has 2 unspecified atom stereocenters. The molecule has 0 aliphatic heterocycles. The predicted molar refractivity (Wildman–Crippen MR) is 99.9 cm³/mol. The fourth-order valence-electron chi connectivity index (χ4n) is 2.59. The van der Waals surface area contributed by atoms with Crippen molar-refractivity contribution >= 4 is 48.1 Å². The minimum Gasteiger partial charge on any atom is -1.00 e. The number of carbonyl (C=O) groups excluding carboxylic acids is 1. The number of rotatable bonds is 2. The van der Waals surface area contributed by atoms with Crippen LogP contribution < -0.4 is 23.5 Å². The number of aliphatic hydroxyl groups is 1. The van der Waals surface area contributed by atoms with Crippen molar-refractivity contribution in [2.45, 2.75) is 43.9 Å². The fourth-order valence-corrected chi connectivity index (χ4v) is 3.27. The first kappa shape index (κ1) is 35.3. The molecule has 0 aromatic carbocycles. The van der Waals surface area contributed by atoms with Crippen molar-refractivity contribution in [1.29, 1.82) is 0 Å². The van der Waals surface area contributed by atoms with Gasteiger partial charge in [0, 0.05) is 81.0 Å². The summed E-state index contributed by atoms with van der Waals surface area (Å²) in [5, 5.41) is 14.6. The molecule has 1 fully saturated rings. The molecule has 0 spiro atoms. The standard InChI is InChI=1S/C8H11ClN2.C8H11ClO2.2Ar.2ClH/c2*9-8-6(4-10)2-1-3-7(8)5-11;;;;/h4-5,10H,1-3,11H2;4-6,8,11H,1-3H2;;;2*1H/p+1/b7-5+,10-4?;7-5+;;;;. The first-order chi connectivity index (χ1) is 10.6. The van der Waals surface area contributed by atoms with E-state index >= 15 is 0 Å². The van der Waals surface area contributed by atoms with Crippen LogP contribution in [0.4, 0.5) is 0 Å². The van der Waals surface area contributed by atoms with E-state index in [1.807, 2.05) is 0 Å². The third-order valence-corrected chi connectivity index (χ3v) is 5.04. The minimum absolute atomic E-state index is 0. The van der Waals surface area contributed by atoms with Crippen LogP contribution in [0.1, 0.15) is 38.5 Å². The maximum atomic E-state index is 8.76. The van der Waals surface area contributed by atoms with Crippen LogP contribution in [-0.2, 0) is 0 Å². The van der Waals surface area contributed by atoms with Crippen molar-refractivity contribution in [1.82, 2.24) is 0 Å². The van der Waals surface area contributed by atoms with E-state index in [1.165, 1.54) is 0 Å². The molecule has 10 heteroatoms. The molecule has 1 saturated carbocycles. The number of aldehydes is 1. The molecule has 0 bridgehead atoms. The number of alkyl halides is 1. The van der Waals surface area contributed by atoms with E-state index in [0.29, 0.717) is 0 Å². The third-order valence-electron chi connectivity index (χ3n) is 3.95. The zero-order valence-electron chi connectivity index (χ0n) is 14.0. The molecule has 2 atom stereocenters. The Morgan fingerprint density at radius 3 is 2.27 bits per heavy atom. The van der Waals surface area contributed by atoms with E-state index in [2.05, 4.69) is 0 Å². The van der Waals surface area contributed by atoms with E-state index in [1.54, 1.807) is 12.4 Å². The van der Waals surface area contributed by atoms with Gasteiger partial charge in [-0.3, -0.25) is 10.2 Å². The van der Waals surface area contributed by atoms with Crippen LogP contribution in [0.3, 0.4) is 0 Å². The molecule has 0 aromatic heterocycles. The van der Waals surface area contributed by atoms with Gasteiger partial charge in [0.2, 0.25) is 0 Å². The number of allylic oxidation sites excluding steroid dienone is 4. The number of aliphatic hydroxyl groups excluding tert-OH is 1. The van der Waals surface area contributed by atoms with Crippen molar-refractivity contribution in [2.24, 2.45) is 11.7 Å². The Bertz CT molecular complexity index is 514. The van der Waals surface area contributed by atoms with E-state index in [0.717, 1.165) is 72.8 Å². The monoisotopic (exact) mass is 497 g/mol. The van der Waals surface area contributed by atoms with Crippen LogP contribution in [0.15, 0.2) is 34.2 Å². The minimum atomic E-state index is -0.223. The van der Waals surface area contributed by atoms with Crippen LogP contribution in [0.5, 0.6) is 0 Å². The largest absolute Gasteiger partial charge is 1.00 e. The molecule has 6 N–H and O–H groups in total. The molecule has 0 saturated heterocycles. The van der Waals surface area contributed by atoms with Gasteiger partial charge >= 0.3 is 0 Å². The van der Waals surface area contributed by atoms with Crippen LogP contribution in [0, 0.1) is 81.4 Å². The van der Waals surface area contributed by atoms with Crippen LogP contribution in [0.25, 0.3) is 0 Å². The van der Waals surface area contributed by atoms with Crippen molar-refractivity contribution in [2.75, 3.05) is 0 Å². The summed E-state index contributed by atoms with van der Waals surface area (Å²) in [7, 11) is 0. The first-order valence-corrected chi connectivity index (χ1v) is 8.19. The zero-order chi connectivity index (χ0) is 16.5. The molecule has 0 amide bonds. The zero-order valence-corrected chi connectivity index (χ0v) is 18.5. The average molecular weight is 499 g/mol. The molecule has 2 aliphatic rings. The van der Waals surface area contributed by atoms with Gasteiger partial charge < -0.3 is 23.2 Å². The number of hydrogen-bond acceptors (Lipinski definition) is 2. The molecule has 0 aromatic rings. The molecule has 0 heterocycles. The van der Waals surface area contributed by atoms with Gasteiger partial charge in [0.1, 0.15) is 0 Å². The summed E-state index contributed by atoms with van der Waals surface area (Å²) in [5.74, 6) is 0.00353. The van der Waals surface area contributed by atoms with Crippen LogP contribution in [0.2, 0.25) is 0 Å². The molecule has 4 nitrogen and oxygen atoms in total. The first-order valence-electron chi connectivity index (χ1n) is 7.38. The Balaban J connectivity index is -0.000000161. The summed E-state index contributed by atoms with van der Waals surface area (Å²) in [6.07, 6.45) is 11.1. The Morgan fingerprint density at radius 1 is 1.19 bits per heavy atom. The van der Waals surface area contributed by atoms with E-state index < -0.39 is 0 Å². The molecule has 2 aliphatic carbocycles. The second-order valence-electron chi connectivity index (χ2n) is 5.36. The van der Waals surface area contributed by atoms with Gasteiger partial charge in [-0.05, 0) is 55.9 Å². The van der Waals surface area contributed by atoms with Crippen molar-refractivity contribution in [3.8, 4) is 0 Å². The maximum absolute atomic E-state index is 8.76. The van der Waals surface area contributed by atoms with Crippen molar-refractivity contribution in [3.63, 3.8) is 0 Å². The second-order valence-corrected chi connectivity index (χ2v) is 6.21. The Hall–Kier alpha value is 1.84. The van der Waals surface area contributed by atoms with Gasteiger partial charge in [0.15, 0.2) is 6.21 Å². The molecule has 2 rings (SSSR count). The summed E-state index contributed by atoms with van der Waals surface area (Å²) in [5.41, 5.74) is 8.22. The van der Waals surface area contributed by atoms with Gasteiger partial charge in [-0.2, -0.15) is 0 Å². The molecule has 154 valence electrons. The Labute approximate surface area is 237 Å². The molecule has 26 heavy (non-hydrogen) atoms. The summed E-state index contributed by atoms with van der Waals surface area (Å²) < 4.78 is 0. The quantitative estimate of drug-likeness (QED) is 0.161. The van der Waals surface area contributed by atoms with E-state index in [9.17, 15) is 0 Å². The number of hydrogen-bond donors (Lipinski definition) is 3. The molecular formula is C16H25Ar2Cl4N2O2+. The number of nitrogens with two attached hydrogens (primary N) is 2. The summed E-state index contributed by atoms with van der Waals surface area (Å²) in [6.45, 7) is 0. The predicted octanol–water partition coefficient (Wildman–Crippen LogP) is -0.228. The van der Waals surface area contributed by atoms with Gasteiger partial charge in [-0.15, -0.1) is 24.0 Å². The molecular weight excluding hydrogens is 474 g/mol. The normalized spacial score (nSPS) is 24.5. The van der Waals surface area contributed by atoms with Gasteiger partial charge in [-0.1, -0.05) is 11.6 Å². The number of halogens is 4. The van der Waals surface area contributed by atoms with E-state index in [4.69, 9.17) is 44.2 Å². The summed E-state index contributed by atoms with van der Waals surface area (Å²) in [4.78, 5) is 8.76. The topological polar surface area (TPSA) is 93.2 Å². The fraction of sp³-hybridized carbons (Fsp3) is 0.500. The maximum Gasteiger partial charge on any atom is 0.286 e. The smallest absolute Gasteiger partial charge is 0.286 e. The third kappa shape index (κ3) is 11.1. The Kier molecular flexibility index (Phi) is 27.3. The van der Waals surface area contributed by atoms with Gasteiger partial charge in [0.25, 0.3) is 6.29 Å². The van der Waals surface area contributed by atoms with Crippen molar-refractivity contribution in [3.05, 3.63) is 34.2 Å². The van der Waals surface area contributed by atoms with E-state index in [-0.39, 0.29) is 112 Å². The van der Waals surface area contributed by atoms with Crippen molar-refractivity contribution < 1.29 is 103 Å². The van der Waals surface area contributed by atoms with Crippen LogP contribution in [-0.4, -0.2) is 27.8 Å². The van der Waals surface area contributed by atoms with Gasteiger partial charge in [-0.25, -0.2) is 0 Å². The Morgan fingerprint density at radius 2 is 1.81 bits per heavy atom. The van der Waals surface area contributed by atoms with Crippen LogP contribution >= 0.6 is 35.6 Å². The summed E-state index contributed by atoms with van der Waals surface area (Å²) >= 11 is 11.9. The van der Waals surface area contributed by atoms with Gasteiger partial charge in [0.05, 0.1) is 22.6 Å². The SMILES string of the molecule is Cl.N/C=C1\CCCC(C=[NH2+])=C1Cl.O/C=C1\CCCC(C=[OH+])C1Cl.[Ar].[Ar].[Cl-]. The summed E-state index contributed by atoms with van der Waals surface area (Å²) in [6, 6.07) is 0. The second kappa shape index (κ2) is 20.1.